The van der Waals surface area contributed by atoms with E-state index in [4.69, 9.17) is 29.4 Å². The van der Waals surface area contributed by atoms with E-state index in [-0.39, 0.29) is 17.8 Å². The summed E-state index contributed by atoms with van der Waals surface area (Å²) in [6.45, 7) is 10.8. The molecule has 9 rings (SSSR count). The minimum absolute atomic E-state index is 0.0445. The number of ether oxygens (including phenoxy) is 5. The van der Waals surface area contributed by atoms with E-state index in [0.717, 1.165) is 58.8 Å². The van der Waals surface area contributed by atoms with Gasteiger partial charge in [-0.25, -0.2) is 4.79 Å². The number of likely N-dealkylation sites (N-methyl/N-ethyl adjacent to an activating group) is 1. The molecule has 2 aromatic heterocycles. The Labute approximate surface area is 430 Å². The van der Waals surface area contributed by atoms with Gasteiger partial charge in [0.25, 0.3) is 5.91 Å². The van der Waals surface area contributed by atoms with Gasteiger partial charge >= 0.3 is 6.09 Å². The second kappa shape index (κ2) is 22.0. The first-order valence-corrected chi connectivity index (χ1v) is 25.1. The molecule has 3 amide bonds. The molecule has 5 heterocycles. The SMILES string of the molecule is COc1c(OCCCOc2cn3c(c2OC)C=[N+]([O-])C2=CC=C(c4ccc(N5CCN(C)CC5)cc4)CC2C3)cn2c1C=[N+]([O-])C1=CC=C(c3ccc(NC(=O)C(C)NC(=O)C(OC(N)=O)C(C)C)cc3)CC1C2. The fraction of sp³-hybridized carbons (Fsp3) is 0.400. The highest BCUT2D eigenvalue weighted by molar-refractivity contribution is 5.98. The Hall–Kier alpha value is -7.93. The lowest BCUT2D eigenvalue weighted by molar-refractivity contribution is -0.404. The molecule has 4 N–H and O–H groups in total. The average Bonchev–Trinajstić information content (AvgIpc) is 3.79. The summed E-state index contributed by atoms with van der Waals surface area (Å²) >= 11 is 0. The summed E-state index contributed by atoms with van der Waals surface area (Å²) in [5.41, 5.74) is 13.7. The van der Waals surface area contributed by atoms with Crippen LogP contribution in [0.3, 0.4) is 0 Å². The van der Waals surface area contributed by atoms with Crippen LogP contribution in [0.5, 0.6) is 23.0 Å². The standard InChI is InChI=1S/C55H65N9O10/c1-34(2)50(74-55(56)67)54(66)57-35(3)53(65)58-42-14-8-36(9-15-42)38-12-18-44-40(26-38)28-61-32-48(51(70-5)46(61)30-63(44)68)72-24-7-25-73-49-33-62-29-41-27-39(13-19-45(41)64(69)31-47(62)52(49)71-6)37-10-16-43(17-11-37)60-22-20-59(4)21-23-60/h8-19,30-35,40-41,50H,7,20-29H2,1-6H3,(H2,56,67)(H,57,66)(H,58,65). The third-order valence-electron chi connectivity index (χ3n) is 14.3. The predicted molar refractivity (Wildman–Crippen MR) is 282 cm³/mol. The number of nitrogens with two attached hydrogens (primary N) is 1. The smallest absolute Gasteiger partial charge is 0.405 e. The van der Waals surface area contributed by atoms with Crippen LogP contribution < -0.4 is 40.2 Å². The minimum atomic E-state index is -1.13. The van der Waals surface area contributed by atoms with Crippen LogP contribution in [-0.4, -0.2) is 127 Å². The number of rotatable bonds is 17. The van der Waals surface area contributed by atoms with Gasteiger partial charge in [-0.05, 0) is 79.3 Å². The number of amides is 3. The third kappa shape index (κ3) is 11.0. The number of carbonyl (C=O) groups is 3. The summed E-state index contributed by atoms with van der Waals surface area (Å²) in [6, 6.07) is 15.2. The Morgan fingerprint density at radius 1 is 0.716 bits per heavy atom. The summed E-state index contributed by atoms with van der Waals surface area (Å²) in [4.78, 5) is 41.8. The number of hydrogen-bond acceptors (Lipinski definition) is 12. The molecule has 19 nitrogen and oxygen atoms in total. The van der Waals surface area contributed by atoms with E-state index in [0.29, 0.717) is 90.6 Å². The molecule has 19 heteroatoms. The summed E-state index contributed by atoms with van der Waals surface area (Å²) in [5.74, 6) is 0.358. The van der Waals surface area contributed by atoms with Gasteiger partial charge in [-0.2, -0.15) is 9.48 Å². The Morgan fingerprint density at radius 3 is 1.69 bits per heavy atom. The molecule has 5 aliphatic rings. The van der Waals surface area contributed by atoms with E-state index in [2.05, 4.69) is 57.8 Å². The molecule has 0 bridgehead atoms. The van der Waals surface area contributed by atoms with Crippen LogP contribution in [0.25, 0.3) is 11.1 Å². The number of benzene rings is 2. The van der Waals surface area contributed by atoms with Gasteiger partial charge in [0.05, 0.1) is 51.7 Å². The van der Waals surface area contributed by atoms with Gasteiger partial charge < -0.3 is 69.4 Å². The molecule has 74 heavy (non-hydrogen) atoms. The van der Waals surface area contributed by atoms with Gasteiger partial charge in [-0.1, -0.05) is 50.3 Å². The summed E-state index contributed by atoms with van der Waals surface area (Å²) in [5, 5.41) is 32.6. The Bertz CT molecular complexity index is 2950. The summed E-state index contributed by atoms with van der Waals surface area (Å²) < 4.78 is 35.0. The summed E-state index contributed by atoms with van der Waals surface area (Å²) in [6.07, 6.45) is 14.3. The van der Waals surface area contributed by atoms with Crippen molar-refractivity contribution in [3.63, 3.8) is 0 Å². The highest BCUT2D eigenvalue weighted by atomic mass is 16.6. The Kier molecular flexibility index (Phi) is 15.2. The molecule has 2 aliphatic carbocycles. The maximum absolute atomic E-state index is 13.6. The Balaban J connectivity index is 0.781. The van der Waals surface area contributed by atoms with Crippen molar-refractivity contribution in [2.24, 2.45) is 23.5 Å². The van der Waals surface area contributed by atoms with Gasteiger partial charge in [0.15, 0.2) is 51.9 Å². The van der Waals surface area contributed by atoms with Gasteiger partial charge in [0, 0.05) is 69.2 Å². The number of primary amides is 1. The first kappa shape index (κ1) is 51.0. The zero-order chi connectivity index (χ0) is 52.2. The lowest BCUT2D eigenvalue weighted by Gasteiger charge is -2.34. The Morgan fingerprint density at radius 2 is 1.22 bits per heavy atom. The van der Waals surface area contributed by atoms with Crippen molar-refractivity contribution in [2.45, 2.75) is 65.3 Å². The lowest BCUT2D eigenvalue weighted by atomic mass is 9.87. The van der Waals surface area contributed by atoms with Crippen molar-refractivity contribution in [1.29, 1.82) is 0 Å². The van der Waals surface area contributed by atoms with E-state index in [1.54, 1.807) is 46.4 Å². The van der Waals surface area contributed by atoms with E-state index in [1.807, 2.05) is 51.9 Å². The average molecular weight is 1010 g/mol. The molecule has 390 valence electrons. The van der Waals surface area contributed by atoms with Gasteiger partial charge in [-0.3, -0.25) is 9.59 Å². The molecule has 1 saturated heterocycles. The normalized spacial score (nSPS) is 19.1. The lowest BCUT2D eigenvalue weighted by Crippen LogP contribution is -2.49. The second-order valence-electron chi connectivity index (χ2n) is 19.7. The molecule has 0 radical (unpaired) electrons. The van der Waals surface area contributed by atoms with E-state index >= 15 is 0 Å². The maximum Gasteiger partial charge on any atom is 0.405 e. The van der Waals surface area contributed by atoms with Crippen molar-refractivity contribution in [1.82, 2.24) is 19.4 Å². The van der Waals surface area contributed by atoms with Crippen LogP contribution in [0.2, 0.25) is 0 Å². The predicted octanol–water partition coefficient (Wildman–Crippen LogP) is 6.33. The van der Waals surface area contributed by atoms with Gasteiger partial charge in [-0.15, -0.1) is 0 Å². The first-order valence-electron chi connectivity index (χ1n) is 25.1. The number of carbonyl (C=O) groups excluding carboxylic acids is 3. The molecule has 1 fully saturated rings. The van der Waals surface area contributed by atoms with Gasteiger partial charge in [0.1, 0.15) is 6.04 Å². The van der Waals surface area contributed by atoms with Crippen molar-refractivity contribution >= 4 is 52.9 Å². The molecule has 0 spiro atoms. The van der Waals surface area contributed by atoms with E-state index in [9.17, 15) is 24.8 Å². The molecule has 4 unspecified atom stereocenters. The zero-order valence-corrected chi connectivity index (χ0v) is 42.7. The molecule has 0 saturated carbocycles. The minimum Gasteiger partial charge on any atom is -0.618 e. The van der Waals surface area contributed by atoms with Crippen LogP contribution >= 0.6 is 0 Å². The summed E-state index contributed by atoms with van der Waals surface area (Å²) in [7, 11) is 5.29. The van der Waals surface area contributed by atoms with Crippen LogP contribution in [0.1, 0.15) is 62.5 Å². The maximum atomic E-state index is 13.6. The van der Waals surface area contributed by atoms with Crippen LogP contribution in [0.15, 0.2) is 96.6 Å². The largest absolute Gasteiger partial charge is 0.618 e. The van der Waals surface area contributed by atoms with Crippen molar-refractivity contribution in [3.05, 3.63) is 130 Å². The second-order valence-corrected chi connectivity index (χ2v) is 19.7. The molecule has 2 aromatic carbocycles. The fourth-order valence-corrected chi connectivity index (χ4v) is 10.2. The molecular formula is C55H65N9O10. The molecule has 4 aromatic rings. The highest BCUT2D eigenvalue weighted by Crippen LogP contribution is 2.41. The number of anilines is 2. The number of allylic oxidation sites excluding steroid dienone is 8. The van der Waals surface area contributed by atoms with E-state index < -0.39 is 30.1 Å². The number of hydrogen-bond donors (Lipinski definition) is 3. The molecule has 3 aliphatic heterocycles. The van der Waals surface area contributed by atoms with Crippen LogP contribution in [0, 0.1) is 28.2 Å². The molecule has 4 atom stereocenters. The first-order chi connectivity index (χ1) is 35.7. The monoisotopic (exact) mass is 1010 g/mol. The van der Waals surface area contributed by atoms with Crippen LogP contribution in [-0.2, 0) is 27.4 Å². The fourth-order valence-electron chi connectivity index (χ4n) is 10.2. The van der Waals surface area contributed by atoms with Crippen molar-refractivity contribution < 1.29 is 47.5 Å². The number of methoxy groups -OCH3 is 2. The molecular weight excluding hydrogens is 947 g/mol. The topological polar surface area (TPSA) is 216 Å². The number of nitrogens with one attached hydrogen (secondary N) is 2. The third-order valence-corrected chi connectivity index (χ3v) is 14.3. The number of hydroxylamine groups is 2. The quantitative estimate of drug-likeness (QED) is 0.0601. The van der Waals surface area contributed by atoms with Crippen LogP contribution in [0.4, 0.5) is 16.2 Å². The zero-order valence-electron chi connectivity index (χ0n) is 42.7. The van der Waals surface area contributed by atoms with Gasteiger partial charge in [0.2, 0.25) is 18.3 Å². The number of nitrogens with zero attached hydrogens (tertiary/aromatic N) is 6. The number of aromatic nitrogens is 2. The number of fused-ring (bicyclic) bond motifs is 4. The van der Waals surface area contributed by atoms with Crippen molar-refractivity contribution in [2.75, 3.05) is 70.9 Å². The number of piperazine rings is 1. The van der Waals surface area contributed by atoms with Crippen molar-refractivity contribution in [3.8, 4) is 23.0 Å². The highest BCUT2D eigenvalue weighted by Gasteiger charge is 2.35. The van der Waals surface area contributed by atoms with E-state index in [1.165, 1.54) is 24.4 Å².